The fourth-order valence-corrected chi connectivity index (χ4v) is 4.31. The minimum atomic E-state index is -3.48. The number of nitrogens with zero attached hydrogens (tertiary/aromatic N) is 1. The van der Waals surface area contributed by atoms with Gasteiger partial charge >= 0.3 is 0 Å². The second-order valence-corrected chi connectivity index (χ2v) is 9.41. The van der Waals surface area contributed by atoms with E-state index in [1.807, 2.05) is 13.0 Å². The maximum atomic E-state index is 12.2. The Morgan fingerprint density at radius 2 is 1.79 bits per heavy atom. The maximum Gasteiger partial charge on any atom is 0.240 e. The van der Waals surface area contributed by atoms with Crippen molar-refractivity contribution in [2.45, 2.75) is 31.1 Å². The van der Waals surface area contributed by atoms with Crippen molar-refractivity contribution in [3.63, 3.8) is 0 Å². The Labute approximate surface area is 189 Å². The van der Waals surface area contributed by atoms with Crippen LogP contribution in [0.2, 0.25) is 0 Å². The van der Waals surface area contributed by atoms with Crippen LogP contribution in [-0.2, 0) is 15.4 Å². The fraction of sp³-hybridized carbons (Fsp3) is 0.421. The van der Waals surface area contributed by atoms with E-state index >= 15 is 0 Å². The molecule has 0 radical (unpaired) electrons. The van der Waals surface area contributed by atoms with Crippen LogP contribution in [0.25, 0.3) is 0 Å². The van der Waals surface area contributed by atoms with Crippen molar-refractivity contribution in [1.29, 1.82) is 0 Å². The molecule has 9 heteroatoms. The van der Waals surface area contributed by atoms with E-state index in [0.29, 0.717) is 19.0 Å². The number of guanidine groups is 1. The first-order valence-electron chi connectivity index (χ1n) is 8.96. The molecule has 1 aromatic carbocycles. The van der Waals surface area contributed by atoms with Gasteiger partial charge in [-0.25, -0.2) is 13.1 Å². The second kappa shape index (κ2) is 11.7. The number of halogens is 1. The van der Waals surface area contributed by atoms with E-state index in [1.54, 1.807) is 41.7 Å². The quantitative estimate of drug-likeness (QED) is 0.199. The van der Waals surface area contributed by atoms with Gasteiger partial charge < -0.3 is 10.6 Å². The number of sulfonamides is 1. The molecule has 0 atom stereocenters. The zero-order valence-electron chi connectivity index (χ0n) is 16.4. The molecule has 0 fully saturated rings. The van der Waals surface area contributed by atoms with Crippen molar-refractivity contribution in [1.82, 2.24) is 15.4 Å². The van der Waals surface area contributed by atoms with E-state index in [4.69, 9.17) is 0 Å². The van der Waals surface area contributed by atoms with Gasteiger partial charge in [-0.05, 0) is 30.5 Å². The lowest BCUT2D eigenvalue weighted by Crippen LogP contribution is -2.42. The summed E-state index contributed by atoms with van der Waals surface area (Å²) in [6.45, 7) is 8.42. The van der Waals surface area contributed by atoms with Crippen molar-refractivity contribution in [2.75, 3.05) is 26.2 Å². The Kier molecular flexibility index (Phi) is 10.4. The summed E-state index contributed by atoms with van der Waals surface area (Å²) in [5, 5.41) is 8.45. The van der Waals surface area contributed by atoms with Crippen LogP contribution in [0, 0.1) is 0 Å². The molecule has 0 unspecified atom stereocenters. The van der Waals surface area contributed by atoms with E-state index < -0.39 is 10.0 Å². The normalized spacial score (nSPS) is 12.3. The molecule has 1 aromatic heterocycles. The number of rotatable bonds is 9. The van der Waals surface area contributed by atoms with Gasteiger partial charge in [0.15, 0.2) is 5.96 Å². The van der Waals surface area contributed by atoms with Crippen molar-refractivity contribution in [3.8, 4) is 0 Å². The van der Waals surface area contributed by atoms with Gasteiger partial charge in [-0.1, -0.05) is 38.1 Å². The third-order valence-corrected chi connectivity index (χ3v) is 6.64. The minimum absolute atomic E-state index is 0. The van der Waals surface area contributed by atoms with Crippen LogP contribution in [0.1, 0.15) is 25.6 Å². The van der Waals surface area contributed by atoms with E-state index in [-0.39, 0.29) is 40.8 Å². The molecule has 0 saturated heterocycles. The standard InChI is InChI=1S/C19H28N4O2S2.HI/c1-4-20-18(22-15-19(2,3)17-11-8-14-26-17)21-12-13-23-27(24,25)16-9-6-5-7-10-16;/h5-11,14,23H,4,12-13,15H2,1-3H3,(H2,20,21,22);1H. The third kappa shape index (κ3) is 7.69. The highest BCUT2D eigenvalue weighted by Gasteiger charge is 2.21. The smallest absolute Gasteiger partial charge is 0.240 e. The monoisotopic (exact) mass is 536 g/mol. The first kappa shape index (κ1) is 24.9. The summed E-state index contributed by atoms with van der Waals surface area (Å²) in [6.07, 6.45) is 0. The van der Waals surface area contributed by atoms with Crippen LogP contribution >= 0.6 is 35.3 Å². The van der Waals surface area contributed by atoms with E-state index in [1.165, 1.54) is 4.88 Å². The van der Waals surface area contributed by atoms with Gasteiger partial charge in [-0.3, -0.25) is 4.99 Å². The first-order valence-corrected chi connectivity index (χ1v) is 11.3. The second-order valence-electron chi connectivity index (χ2n) is 6.69. The molecule has 0 aliphatic rings. The summed E-state index contributed by atoms with van der Waals surface area (Å²) in [5.41, 5.74) is -0.0502. The Hall–Kier alpha value is -1.17. The molecule has 0 amide bonds. The molecule has 0 aliphatic carbocycles. The molecule has 0 aliphatic heterocycles. The summed E-state index contributed by atoms with van der Waals surface area (Å²) >= 11 is 1.73. The Morgan fingerprint density at radius 1 is 1.07 bits per heavy atom. The SMILES string of the molecule is CCNC(=NCC(C)(C)c1cccs1)NCCNS(=O)(=O)c1ccccc1.I. The molecular weight excluding hydrogens is 507 g/mol. The summed E-state index contributed by atoms with van der Waals surface area (Å²) in [7, 11) is -3.48. The largest absolute Gasteiger partial charge is 0.357 e. The average molecular weight is 537 g/mol. The molecular formula is C19H29IN4O2S2. The Morgan fingerprint density at radius 3 is 2.39 bits per heavy atom. The first-order chi connectivity index (χ1) is 12.8. The highest BCUT2D eigenvalue weighted by Crippen LogP contribution is 2.27. The van der Waals surface area contributed by atoms with Crippen LogP contribution in [0.15, 0.2) is 57.7 Å². The van der Waals surface area contributed by atoms with Crippen LogP contribution in [-0.4, -0.2) is 40.6 Å². The van der Waals surface area contributed by atoms with Gasteiger partial charge in [0.25, 0.3) is 0 Å². The fourth-order valence-electron chi connectivity index (χ4n) is 2.41. The molecule has 0 spiro atoms. The lowest BCUT2D eigenvalue weighted by molar-refractivity contribution is 0.548. The number of benzene rings is 1. The Balaban J connectivity index is 0.00000392. The third-order valence-electron chi connectivity index (χ3n) is 3.93. The lowest BCUT2D eigenvalue weighted by atomic mass is 9.92. The molecule has 6 nitrogen and oxygen atoms in total. The molecule has 1 heterocycles. The maximum absolute atomic E-state index is 12.2. The number of hydrogen-bond acceptors (Lipinski definition) is 4. The van der Waals surface area contributed by atoms with Gasteiger partial charge in [0, 0.05) is 29.9 Å². The molecule has 0 bridgehead atoms. The van der Waals surface area contributed by atoms with E-state index in [2.05, 4.69) is 45.6 Å². The summed E-state index contributed by atoms with van der Waals surface area (Å²) in [4.78, 5) is 6.21. The van der Waals surface area contributed by atoms with Crippen molar-refractivity contribution in [2.24, 2.45) is 4.99 Å². The Bertz CT molecular complexity index is 823. The minimum Gasteiger partial charge on any atom is -0.357 e. The zero-order valence-corrected chi connectivity index (χ0v) is 20.4. The molecule has 28 heavy (non-hydrogen) atoms. The number of hydrogen-bond donors (Lipinski definition) is 3. The van der Waals surface area contributed by atoms with Crippen LogP contribution in [0.4, 0.5) is 0 Å². The van der Waals surface area contributed by atoms with Crippen LogP contribution in [0.5, 0.6) is 0 Å². The molecule has 156 valence electrons. The number of nitrogens with one attached hydrogen (secondary N) is 3. The van der Waals surface area contributed by atoms with Crippen LogP contribution < -0.4 is 15.4 Å². The van der Waals surface area contributed by atoms with Crippen LogP contribution in [0.3, 0.4) is 0 Å². The van der Waals surface area contributed by atoms with Gasteiger partial charge in [0.1, 0.15) is 0 Å². The molecule has 0 saturated carbocycles. The van der Waals surface area contributed by atoms with Crippen molar-refractivity contribution in [3.05, 3.63) is 52.7 Å². The number of thiophene rings is 1. The van der Waals surface area contributed by atoms with E-state index in [0.717, 1.165) is 6.54 Å². The van der Waals surface area contributed by atoms with Gasteiger partial charge in [-0.2, -0.15) is 0 Å². The summed E-state index contributed by atoms with van der Waals surface area (Å²) in [5.74, 6) is 0.682. The molecule has 2 rings (SSSR count). The highest BCUT2D eigenvalue weighted by atomic mass is 127. The average Bonchev–Trinajstić information content (AvgIpc) is 3.20. The van der Waals surface area contributed by atoms with Gasteiger partial charge in [0.2, 0.25) is 10.0 Å². The molecule has 3 N–H and O–H groups in total. The van der Waals surface area contributed by atoms with Gasteiger partial charge in [0.05, 0.1) is 11.4 Å². The highest BCUT2D eigenvalue weighted by molar-refractivity contribution is 14.0. The van der Waals surface area contributed by atoms with Crippen molar-refractivity contribution >= 4 is 51.3 Å². The van der Waals surface area contributed by atoms with Crippen molar-refractivity contribution < 1.29 is 8.42 Å². The summed E-state index contributed by atoms with van der Waals surface area (Å²) < 4.78 is 27.0. The summed E-state index contributed by atoms with van der Waals surface area (Å²) in [6, 6.07) is 12.5. The molecule has 2 aromatic rings. The predicted octanol–water partition coefficient (Wildman–Crippen LogP) is 3.18. The zero-order chi connectivity index (χ0) is 19.8. The van der Waals surface area contributed by atoms with E-state index in [9.17, 15) is 8.42 Å². The van der Waals surface area contributed by atoms with Gasteiger partial charge in [-0.15, -0.1) is 35.3 Å². The predicted molar refractivity (Wildman–Crippen MR) is 128 cm³/mol. The number of aliphatic imine (C=N–C) groups is 1. The lowest BCUT2D eigenvalue weighted by Gasteiger charge is -2.22. The topological polar surface area (TPSA) is 82.6 Å².